The molecule has 7 heteroatoms. The van der Waals surface area contributed by atoms with Gasteiger partial charge in [0.05, 0.1) is 5.60 Å². The lowest BCUT2D eigenvalue weighted by molar-refractivity contribution is -0.123. The van der Waals surface area contributed by atoms with Gasteiger partial charge < -0.3 is 25.1 Å². The number of aromatic nitrogens is 1. The Morgan fingerprint density at radius 3 is 2.25 bits per heavy atom. The van der Waals surface area contributed by atoms with Gasteiger partial charge in [-0.1, -0.05) is 0 Å². The van der Waals surface area contributed by atoms with E-state index in [-0.39, 0.29) is 35.4 Å². The molecule has 1 heterocycles. The quantitative estimate of drug-likeness (QED) is 0.598. The monoisotopic (exact) mass is 342 g/mol. The van der Waals surface area contributed by atoms with Gasteiger partial charge in [-0.15, -0.1) is 4.73 Å². The highest BCUT2D eigenvalue weighted by Gasteiger charge is 2.21. The molecule has 0 atom stereocenters. The normalized spacial score (nSPS) is 12.2. The summed E-state index contributed by atoms with van der Waals surface area (Å²) in [4.78, 5) is 17.2. The van der Waals surface area contributed by atoms with Gasteiger partial charge in [-0.05, 0) is 47.5 Å². The lowest BCUT2D eigenvalue weighted by Crippen LogP contribution is -2.44. The third kappa shape index (κ3) is 7.59. The number of rotatable bonds is 9. The molecule has 1 rings (SSSR count). The van der Waals surface area contributed by atoms with E-state index in [1.54, 1.807) is 0 Å². The SMILES string of the molecule is CC(C)(CCOC(C)(C)C)NC(=O)CCCOn1c(O)ccc1O. The molecule has 0 spiro atoms. The first-order valence-electron chi connectivity index (χ1n) is 8.18. The number of nitrogens with one attached hydrogen (secondary N) is 1. The minimum absolute atomic E-state index is 0.0692. The van der Waals surface area contributed by atoms with Gasteiger partial charge in [0.15, 0.2) is 0 Å². The van der Waals surface area contributed by atoms with Crippen molar-refractivity contribution in [1.82, 2.24) is 10.0 Å². The molecular formula is C17H30N2O5. The van der Waals surface area contributed by atoms with E-state index in [0.29, 0.717) is 19.4 Å². The molecule has 0 saturated heterocycles. The van der Waals surface area contributed by atoms with Crippen molar-refractivity contribution in [3.05, 3.63) is 12.1 Å². The van der Waals surface area contributed by atoms with Crippen LogP contribution in [0.3, 0.4) is 0 Å². The number of nitrogens with zero attached hydrogens (tertiary/aromatic N) is 1. The maximum Gasteiger partial charge on any atom is 0.229 e. The van der Waals surface area contributed by atoms with Crippen molar-refractivity contribution in [1.29, 1.82) is 0 Å². The topological polar surface area (TPSA) is 93.0 Å². The summed E-state index contributed by atoms with van der Waals surface area (Å²) in [5.41, 5.74) is -0.535. The molecule has 0 radical (unpaired) electrons. The zero-order valence-electron chi connectivity index (χ0n) is 15.3. The highest BCUT2D eigenvalue weighted by Crippen LogP contribution is 2.18. The molecule has 1 amide bonds. The van der Waals surface area contributed by atoms with Crippen LogP contribution in [0.25, 0.3) is 0 Å². The molecule has 0 aliphatic carbocycles. The number of hydrogen-bond acceptors (Lipinski definition) is 5. The van der Waals surface area contributed by atoms with Gasteiger partial charge in [0.1, 0.15) is 6.61 Å². The van der Waals surface area contributed by atoms with Gasteiger partial charge in [-0.3, -0.25) is 4.79 Å². The molecule has 0 unspecified atom stereocenters. The van der Waals surface area contributed by atoms with E-state index >= 15 is 0 Å². The summed E-state index contributed by atoms with van der Waals surface area (Å²) < 4.78 is 6.61. The molecule has 24 heavy (non-hydrogen) atoms. The molecule has 0 aliphatic heterocycles. The van der Waals surface area contributed by atoms with Gasteiger partial charge in [-0.2, -0.15) is 0 Å². The summed E-state index contributed by atoms with van der Waals surface area (Å²) in [6.07, 6.45) is 1.49. The lowest BCUT2D eigenvalue weighted by atomic mass is 10.0. The van der Waals surface area contributed by atoms with Crippen LogP contribution < -0.4 is 10.2 Å². The largest absolute Gasteiger partial charge is 0.492 e. The molecule has 0 fully saturated rings. The fraction of sp³-hybridized carbons (Fsp3) is 0.706. The van der Waals surface area contributed by atoms with Crippen molar-refractivity contribution in [2.45, 2.75) is 65.0 Å². The van der Waals surface area contributed by atoms with Crippen LogP contribution in [0.5, 0.6) is 11.8 Å². The van der Waals surface area contributed by atoms with Crippen molar-refractivity contribution in [3.8, 4) is 11.8 Å². The van der Waals surface area contributed by atoms with E-state index in [1.165, 1.54) is 12.1 Å². The predicted molar refractivity (Wildman–Crippen MR) is 91.0 cm³/mol. The van der Waals surface area contributed by atoms with Crippen molar-refractivity contribution in [3.63, 3.8) is 0 Å². The Hall–Kier alpha value is -1.89. The van der Waals surface area contributed by atoms with Crippen LogP contribution >= 0.6 is 0 Å². The standard InChI is InChI=1S/C17H30N2O5/c1-16(2,3)23-12-10-17(4,5)18-13(20)7-6-11-24-19-14(21)8-9-15(19)22/h8-9,21-22H,6-7,10-12H2,1-5H3,(H,18,20). The molecule has 0 aromatic carbocycles. The molecule has 7 nitrogen and oxygen atoms in total. The van der Waals surface area contributed by atoms with Gasteiger partial charge >= 0.3 is 0 Å². The number of carbonyl (C=O) groups excluding carboxylic acids is 1. The minimum Gasteiger partial charge on any atom is -0.492 e. The minimum atomic E-state index is -0.347. The van der Waals surface area contributed by atoms with Crippen molar-refractivity contribution >= 4 is 5.91 Å². The third-order valence-electron chi connectivity index (χ3n) is 3.31. The number of aromatic hydroxyl groups is 2. The third-order valence-corrected chi connectivity index (χ3v) is 3.31. The highest BCUT2D eigenvalue weighted by molar-refractivity contribution is 5.76. The summed E-state index contributed by atoms with van der Waals surface area (Å²) in [5, 5.41) is 21.8. The average molecular weight is 342 g/mol. The maximum atomic E-state index is 12.0. The van der Waals surface area contributed by atoms with Crippen molar-refractivity contribution < 1.29 is 24.6 Å². The number of carbonyl (C=O) groups is 1. The van der Waals surface area contributed by atoms with Gasteiger partial charge in [0.2, 0.25) is 17.7 Å². The second kappa shape index (κ2) is 8.28. The van der Waals surface area contributed by atoms with Crippen molar-refractivity contribution in [2.75, 3.05) is 13.2 Å². The fourth-order valence-corrected chi connectivity index (χ4v) is 2.04. The average Bonchev–Trinajstić information content (AvgIpc) is 2.72. The molecule has 138 valence electrons. The molecule has 0 saturated carbocycles. The molecular weight excluding hydrogens is 312 g/mol. The van der Waals surface area contributed by atoms with E-state index in [2.05, 4.69) is 5.32 Å². The van der Waals surface area contributed by atoms with Gasteiger partial charge in [0.25, 0.3) is 0 Å². The number of ether oxygens (including phenoxy) is 1. The number of amides is 1. The van der Waals surface area contributed by atoms with Gasteiger partial charge in [0, 0.05) is 30.7 Å². The van der Waals surface area contributed by atoms with E-state index < -0.39 is 0 Å². The van der Waals surface area contributed by atoms with Crippen LogP contribution in [0.4, 0.5) is 0 Å². The zero-order valence-corrected chi connectivity index (χ0v) is 15.3. The molecule has 3 N–H and O–H groups in total. The Kier molecular flexibility index (Phi) is 6.95. The van der Waals surface area contributed by atoms with E-state index in [0.717, 1.165) is 11.2 Å². The first kappa shape index (κ1) is 20.2. The smallest absolute Gasteiger partial charge is 0.229 e. The summed E-state index contributed by atoms with van der Waals surface area (Å²) in [7, 11) is 0. The Morgan fingerprint density at radius 1 is 1.12 bits per heavy atom. The van der Waals surface area contributed by atoms with Crippen LogP contribution in [0.1, 0.15) is 53.9 Å². The van der Waals surface area contributed by atoms with E-state index in [1.807, 2.05) is 34.6 Å². The lowest BCUT2D eigenvalue weighted by Gasteiger charge is -2.28. The Morgan fingerprint density at radius 2 is 1.71 bits per heavy atom. The Bertz CT molecular complexity index is 512. The van der Waals surface area contributed by atoms with E-state index in [4.69, 9.17) is 9.57 Å². The summed E-state index contributed by atoms with van der Waals surface area (Å²) in [6, 6.07) is 2.65. The van der Waals surface area contributed by atoms with Crippen LogP contribution in [0, 0.1) is 0 Å². The maximum absolute atomic E-state index is 12.0. The van der Waals surface area contributed by atoms with Crippen molar-refractivity contribution in [2.24, 2.45) is 0 Å². The summed E-state index contributed by atoms with van der Waals surface area (Å²) in [6.45, 7) is 10.7. The zero-order chi connectivity index (χ0) is 18.4. The van der Waals surface area contributed by atoms with Crippen LogP contribution in [0.15, 0.2) is 12.1 Å². The van der Waals surface area contributed by atoms with Crippen LogP contribution in [-0.2, 0) is 9.53 Å². The highest BCUT2D eigenvalue weighted by atomic mass is 16.7. The van der Waals surface area contributed by atoms with E-state index in [9.17, 15) is 15.0 Å². The van der Waals surface area contributed by atoms with Crippen LogP contribution in [-0.4, -0.2) is 45.2 Å². The number of hydrogen-bond donors (Lipinski definition) is 3. The Balaban J connectivity index is 2.25. The second-order valence-corrected chi connectivity index (χ2v) is 7.42. The van der Waals surface area contributed by atoms with Gasteiger partial charge in [-0.25, -0.2) is 0 Å². The molecule has 1 aromatic heterocycles. The predicted octanol–water partition coefficient (Wildman–Crippen LogP) is 2.21. The fourth-order valence-electron chi connectivity index (χ4n) is 2.04. The first-order valence-corrected chi connectivity index (χ1v) is 8.18. The van der Waals surface area contributed by atoms with Crippen LogP contribution in [0.2, 0.25) is 0 Å². The Labute approximate surface area is 143 Å². The summed E-state index contributed by atoms with van der Waals surface area (Å²) >= 11 is 0. The molecule has 0 bridgehead atoms. The first-order chi connectivity index (χ1) is 11.0. The molecule has 1 aromatic rings. The summed E-state index contributed by atoms with van der Waals surface area (Å²) in [5.74, 6) is -0.436. The second-order valence-electron chi connectivity index (χ2n) is 7.42. The molecule has 0 aliphatic rings.